The number of carboxylic acid groups (broad SMARTS) is 1. The topological polar surface area (TPSA) is 98.7 Å². The Morgan fingerprint density at radius 1 is 1.05 bits per heavy atom. The average Bonchev–Trinajstić information content (AvgIpc) is 3.24. The van der Waals surface area contributed by atoms with Crippen LogP contribution in [0.15, 0.2) is 42.0 Å². The molecule has 0 saturated carbocycles. The molecule has 7 heteroatoms. The second kappa shape index (κ2) is 11.6. The van der Waals surface area contributed by atoms with Gasteiger partial charge in [-0.1, -0.05) is 84.9 Å². The van der Waals surface area contributed by atoms with Crippen LogP contribution in [0.5, 0.6) is 0 Å². The Hall–Kier alpha value is -2.93. The number of rotatable bonds is 10. The molecule has 1 aliphatic rings. The number of fused-ring (bicyclic) bond motifs is 1. The lowest BCUT2D eigenvalue weighted by molar-refractivity contribution is -0.141. The predicted octanol–water partition coefficient (Wildman–Crippen LogP) is 4.29. The highest BCUT2D eigenvalue weighted by Crippen LogP contribution is 2.43. The monoisotopic (exact) mass is 511 g/mol. The van der Waals surface area contributed by atoms with E-state index in [0.29, 0.717) is 0 Å². The van der Waals surface area contributed by atoms with Crippen molar-refractivity contribution in [3.8, 4) is 0 Å². The molecule has 0 radical (unpaired) electrons. The lowest BCUT2D eigenvalue weighted by Gasteiger charge is -2.40. The molecule has 0 heterocycles. The number of hydrogen-bond donors (Lipinski definition) is 3. The van der Waals surface area contributed by atoms with Gasteiger partial charge in [-0.15, -0.1) is 0 Å². The summed E-state index contributed by atoms with van der Waals surface area (Å²) in [5.41, 5.74) is 2.58. The van der Waals surface area contributed by atoms with Crippen molar-refractivity contribution in [2.24, 2.45) is 16.7 Å². The van der Waals surface area contributed by atoms with Crippen LogP contribution in [-0.4, -0.2) is 60.0 Å². The third kappa shape index (κ3) is 6.69. The molecular formula is C30H45N3O4. The number of allylic oxidation sites excluding steroid dienone is 1. The fourth-order valence-corrected chi connectivity index (χ4v) is 5.17. The Labute approximate surface area is 222 Å². The first-order valence-electron chi connectivity index (χ1n) is 13.0. The van der Waals surface area contributed by atoms with E-state index in [9.17, 15) is 19.5 Å². The third-order valence-electron chi connectivity index (χ3n) is 7.44. The zero-order valence-corrected chi connectivity index (χ0v) is 24.1. The average molecular weight is 512 g/mol. The number of carboxylic acids is 1. The number of carbonyl (C=O) groups is 3. The van der Waals surface area contributed by atoms with Crippen LogP contribution in [0.3, 0.4) is 0 Å². The lowest BCUT2D eigenvalue weighted by Crippen LogP contribution is -2.61. The summed E-state index contributed by atoms with van der Waals surface area (Å²) in [6.07, 6.45) is 4.63. The molecule has 0 saturated heterocycles. The maximum atomic E-state index is 13.8. The van der Waals surface area contributed by atoms with Crippen LogP contribution in [-0.2, 0) is 20.8 Å². The number of nitrogens with zero attached hydrogens (tertiary/aromatic N) is 1. The van der Waals surface area contributed by atoms with E-state index in [1.54, 1.807) is 25.1 Å². The molecule has 204 valence electrons. The normalized spacial score (nSPS) is 16.5. The molecule has 0 fully saturated rings. The largest absolute Gasteiger partial charge is 0.478 e. The zero-order chi connectivity index (χ0) is 28.3. The van der Waals surface area contributed by atoms with E-state index in [0.717, 1.165) is 17.6 Å². The van der Waals surface area contributed by atoms with E-state index in [1.807, 2.05) is 46.8 Å². The Morgan fingerprint density at radius 3 is 2.16 bits per heavy atom. The van der Waals surface area contributed by atoms with Crippen LogP contribution in [0.2, 0.25) is 0 Å². The van der Waals surface area contributed by atoms with Crippen LogP contribution < -0.4 is 10.6 Å². The van der Waals surface area contributed by atoms with Crippen molar-refractivity contribution in [1.82, 2.24) is 15.5 Å². The van der Waals surface area contributed by atoms with Crippen LogP contribution >= 0.6 is 0 Å². The number of hydrogen-bond acceptors (Lipinski definition) is 4. The standard InChI is InChI=1S/C30H45N3O4/c1-18(2)23(17-19(3)28(36)37)33(10)27(35)25(29(4,5)6)32-26(34)24(31-9)30(7,8)22-16-15-20-13-11-12-14-21(20)22/h11-14,16-18,23-25,31H,15H2,1-10H3,(H,32,34)(H,36,37)/b19-17+/t23-,24-,25-/m1/s1. The maximum Gasteiger partial charge on any atom is 0.331 e. The molecule has 0 unspecified atom stereocenters. The summed E-state index contributed by atoms with van der Waals surface area (Å²) in [6, 6.07) is 6.43. The summed E-state index contributed by atoms with van der Waals surface area (Å²) in [7, 11) is 3.44. The summed E-state index contributed by atoms with van der Waals surface area (Å²) in [6.45, 7) is 15.3. The number of carbonyl (C=O) groups excluding carboxylic acids is 2. The van der Waals surface area contributed by atoms with Crippen LogP contribution in [0, 0.1) is 16.7 Å². The minimum Gasteiger partial charge on any atom is -0.478 e. The molecule has 0 bridgehead atoms. The fourth-order valence-electron chi connectivity index (χ4n) is 5.17. The molecular weight excluding hydrogens is 466 g/mol. The van der Waals surface area contributed by atoms with Gasteiger partial charge in [-0.2, -0.15) is 0 Å². The minimum atomic E-state index is -1.02. The minimum absolute atomic E-state index is 0.0158. The highest BCUT2D eigenvalue weighted by Gasteiger charge is 2.43. The van der Waals surface area contributed by atoms with Crippen molar-refractivity contribution in [2.75, 3.05) is 14.1 Å². The number of aliphatic carboxylic acids is 1. The Kier molecular flexibility index (Phi) is 9.53. The molecule has 0 spiro atoms. The quantitative estimate of drug-likeness (QED) is 0.407. The molecule has 37 heavy (non-hydrogen) atoms. The second-order valence-corrected chi connectivity index (χ2v) is 12.1. The molecule has 0 aliphatic heterocycles. The number of nitrogens with one attached hydrogen (secondary N) is 2. The van der Waals surface area contributed by atoms with Crippen molar-refractivity contribution in [2.45, 2.75) is 79.9 Å². The highest BCUT2D eigenvalue weighted by molar-refractivity contribution is 5.93. The van der Waals surface area contributed by atoms with Gasteiger partial charge in [0, 0.05) is 18.0 Å². The Balaban J connectivity index is 2.36. The molecule has 7 nitrogen and oxygen atoms in total. The van der Waals surface area contributed by atoms with Crippen molar-refractivity contribution < 1.29 is 19.5 Å². The first-order chi connectivity index (χ1) is 17.0. The number of amides is 2. The van der Waals surface area contributed by atoms with Gasteiger partial charge in [0.1, 0.15) is 6.04 Å². The van der Waals surface area contributed by atoms with Gasteiger partial charge in [-0.3, -0.25) is 9.59 Å². The van der Waals surface area contributed by atoms with Gasteiger partial charge in [0.05, 0.1) is 12.1 Å². The van der Waals surface area contributed by atoms with Crippen molar-refractivity contribution in [3.63, 3.8) is 0 Å². The van der Waals surface area contributed by atoms with E-state index in [1.165, 1.54) is 12.5 Å². The maximum absolute atomic E-state index is 13.8. The van der Waals surface area contributed by atoms with Gasteiger partial charge < -0.3 is 20.6 Å². The van der Waals surface area contributed by atoms with Crippen molar-refractivity contribution >= 4 is 23.4 Å². The Bertz CT molecular complexity index is 1080. The summed E-state index contributed by atoms with van der Waals surface area (Å²) < 4.78 is 0. The van der Waals surface area contributed by atoms with Gasteiger partial charge in [-0.05, 0) is 48.4 Å². The number of benzene rings is 1. The van der Waals surface area contributed by atoms with Crippen molar-refractivity contribution in [3.05, 3.63) is 53.1 Å². The summed E-state index contributed by atoms with van der Waals surface area (Å²) >= 11 is 0. The first-order valence-corrected chi connectivity index (χ1v) is 13.0. The van der Waals surface area contributed by atoms with Crippen LogP contribution in [0.1, 0.15) is 66.5 Å². The van der Waals surface area contributed by atoms with E-state index >= 15 is 0 Å². The van der Waals surface area contributed by atoms with Crippen molar-refractivity contribution in [1.29, 1.82) is 0 Å². The molecule has 1 aromatic rings. The molecule has 3 N–H and O–H groups in total. The summed E-state index contributed by atoms with van der Waals surface area (Å²) in [5.74, 6) is -1.54. The smallest absolute Gasteiger partial charge is 0.331 e. The molecule has 2 amide bonds. The molecule has 0 aromatic heterocycles. The van der Waals surface area contributed by atoms with Gasteiger partial charge in [0.25, 0.3) is 0 Å². The van der Waals surface area contributed by atoms with Crippen LogP contribution in [0.25, 0.3) is 5.57 Å². The van der Waals surface area contributed by atoms with E-state index < -0.39 is 34.9 Å². The second-order valence-electron chi connectivity index (χ2n) is 12.1. The van der Waals surface area contributed by atoms with E-state index in [-0.39, 0.29) is 23.3 Å². The van der Waals surface area contributed by atoms with Gasteiger partial charge in [0.2, 0.25) is 11.8 Å². The molecule has 3 atom stereocenters. The third-order valence-corrected chi connectivity index (χ3v) is 7.44. The lowest BCUT2D eigenvalue weighted by atomic mass is 9.74. The SMILES string of the molecule is CN[C@H](C(=O)N[C@H](C(=O)N(C)[C@H](/C=C(\C)C(=O)O)C(C)C)C(C)(C)C)C(C)(C)C1=CCc2ccccc21. The molecule has 1 aromatic carbocycles. The fraction of sp³-hybridized carbons (Fsp3) is 0.567. The summed E-state index contributed by atoms with van der Waals surface area (Å²) in [4.78, 5) is 40.6. The predicted molar refractivity (Wildman–Crippen MR) is 149 cm³/mol. The highest BCUT2D eigenvalue weighted by atomic mass is 16.4. The number of likely N-dealkylation sites (N-methyl/N-ethyl adjacent to an activating group) is 2. The molecule has 2 rings (SSSR count). The van der Waals surface area contributed by atoms with Gasteiger partial charge in [-0.25, -0.2) is 4.79 Å². The van der Waals surface area contributed by atoms with Crippen LogP contribution in [0.4, 0.5) is 0 Å². The Morgan fingerprint density at radius 2 is 1.65 bits per heavy atom. The zero-order valence-electron chi connectivity index (χ0n) is 24.1. The van der Waals surface area contributed by atoms with Gasteiger partial charge in [0.15, 0.2) is 0 Å². The molecule has 1 aliphatic carbocycles. The first kappa shape index (κ1) is 30.3. The summed E-state index contributed by atoms with van der Waals surface area (Å²) in [5, 5.41) is 15.6. The van der Waals surface area contributed by atoms with E-state index in [2.05, 4.69) is 42.7 Å². The van der Waals surface area contributed by atoms with E-state index in [4.69, 9.17) is 0 Å². The van der Waals surface area contributed by atoms with Gasteiger partial charge >= 0.3 is 5.97 Å².